The monoisotopic (exact) mass is 261 g/mol. The van der Waals surface area contributed by atoms with E-state index in [-0.39, 0.29) is 5.91 Å². The van der Waals surface area contributed by atoms with E-state index in [1.807, 2.05) is 42.6 Å². The van der Waals surface area contributed by atoms with Crippen molar-refractivity contribution in [3.8, 4) is 0 Å². The van der Waals surface area contributed by atoms with Gasteiger partial charge in [0.15, 0.2) is 0 Å². The van der Waals surface area contributed by atoms with Crippen LogP contribution in [0, 0.1) is 0 Å². The van der Waals surface area contributed by atoms with Gasteiger partial charge < -0.3 is 10.3 Å². The second kappa shape index (κ2) is 4.06. The molecule has 0 aliphatic carbocycles. The van der Waals surface area contributed by atoms with E-state index in [2.05, 4.69) is 15.3 Å². The molecule has 1 amide bonds. The number of carbonyl (C=O) groups excluding carboxylic acids is 1. The number of fused-ring (bicyclic) bond motifs is 2. The molecule has 96 valence electrons. The molecule has 4 rings (SSSR count). The fourth-order valence-corrected chi connectivity index (χ4v) is 2.55. The molecular formula is C16H11N3O. The molecule has 0 radical (unpaired) electrons. The molecule has 3 aromatic rings. The first-order valence-corrected chi connectivity index (χ1v) is 6.36. The molecular weight excluding hydrogens is 250 g/mol. The summed E-state index contributed by atoms with van der Waals surface area (Å²) in [5.74, 6) is -0.0605. The molecule has 1 aromatic carbocycles. The number of nitrogens with zero attached hydrogens (tertiary/aromatic N) is 1. The second-order valence-electron chi connectivity index (χ2n) is 4.72. The van der Waals surface area contributed by atoms with Crippen molar-refractivity contribution in [2.45, 2.75) is 0 Å². The maximum atomic E-state index is 12.1. The molecule has 4 nitrogen and oxygen atoms in total. The number of anilines is 1. The molecule has 0 fully saturated rings. The summed E-state index contributed by atoms with van der Waals surface area (Å²) in [6.07, 6.45) is 7.34. The number of para-hydroxylation sites is 1. The van der Waals surface area contributed by atoms with Crippen LogP contribution < -0.4 is 5.32 Å². The highest BCUT2D eigenvalue weighted by atomic mass is 16.2. The van der Waals surface area contributed by atoms with Crippen LogP contribution in [0.3, 0.4) is 0 Å². The van der Waals surface area contributed by atoms with Gasteiger partial charge in [-0.25, -0.2) is 0 Å². The Balaban J connectivity index is 1.90. The number of aromatic nitrogens is 2. The number of nitrogens with one attached hydrogen (secondary N) is 2. The summed E-state index contributed by atoms with van der Waals surface area (Å²) in [5, 5.41) is 3.94. The van der Waals surface area contributed by atoms with Crippen molar-refractivity contribution in [1.82, 2.24) is 9.97 Å². The summed E-state index contributed by atoms with van der Waals surface area (Å²) in [4.78, 5) is 19.3. The molecule has 0 saturated carbocycles. The Morgan fingerprint density at radius 1 is 1.15 bits per heavy atom. The van der Waals surface area contributed by atoms with Crippen LogP contribution in [0.15, 0.2) is 48.9 Å². The molecule has 4 heteroatoms. The average molecular weight is 261 g/mol. The van der Waals surface area contributed by atoms with E-state index in [1.54, 1.807) is 12.4 Å². The molecule has 0 spiro atoms. The van der Waals surface area contributed by atoms with Crippen LogP contribution in [-0.2, 0) is 4.79 Å². The maximum Gasteiger partial charge on any atom is 0.256 e. The minimum absolute atomic E-state index is 0.0605. The number of H-pyrrole nitrogens is 1. The predicted molar refractivity (Wildman–Crippen MR) is 79.0 cm³/mol. The van der Waals surface area contributed by atoms with Gasteiger partial charge in [-0.2, -0.15) is 0 Å². The summed E-state index contributed by atoms with van der Waals surface area (Å²) >= 11 is 0. The molecule has 20 heavy (non-hydrogen) atoms. The van der Waals surface area contributed by atoms with Crippen molar-refractivity contribution >= 4 is 34.1 Å². The summed E-state index contributed by atoms with van der Waals surface area (Å²) in [6.45, 7) is 0. The fourth-order valence-electron chi connectivity index (χ4n) is 2.55. The van der Waals surface area contributed by atoms with Crippen LogP contribution in [0.4, 0.5) is 5.69 Å². The number of aromatic amines is 1. The fraction of sp³-hybridized carbons (Fsp3) is 0. The molecule has 2 aromatic heterocycles. The summed E-state index contributed by atoms with van der Waals surface area (Å²) in [6, 6.07) is 9.66. The molecule has 2 N–H and O–H groups in total. The van der Waals surface area contributed by atoms with E-state index < -0.39 is 0 Å². The lowest BCUT2D eigenvalue weighted by Gasteiger charge is -1.97. The number of rotatable bonds is 1. The van der Waals surface area contributed by atoms with Crippen LogP contribution in [0.5, 0.6) is 0 Å². The van der Waals surface area contributed by atoms with Crippen LogP contribution in [0.1, 0.15) is 11.1 Å². The van der Waals surface area contributed by atoms with Crippen molar-refractivity contribution < 1.29 is 4.79 Å². The van der Waals surface area contributed by atoms with Gasteiger partial charge in [-0.15, -0.1) is 0 Å². The van der Waals surface area contributed by atoms with Crippen molar-refractivity contribution in [3.05, 3.63) is 60.0 Å². The van der Waals surface area contributed by atoms with Crippen LogP contribution in [0.2, 0.25) is 0 Å². The summed E-state index contributed by atoms with van der Waals surface area (Å²) in [5.41, 5.74) is 4.46. The topological polar surface area (TPSA) is 57.8 Å². The van der Waals surface area contributed by atoms with Crippen molar-refractivity contribution in [3.63, 3.8) is 0 Å². The van der Waals surface area contributed by atoms with Gasteiger partial charge in [-0.05, 0) is 18.2 Å². The van der Waals surface area contributed by atoms with E-state index in [9.17, 15) is 4.79 Å². The number of benzene rings is 1. The Hall–Kier alpha value is -2.88. The Kier molecular flexibility index (Phi) is 2.23. The van der Waals surface area contributed by atoms with E-state index >= 15 is 0 Å². The standard InChI is InChI=1S/C16H11N3O/c20-16-13(12-3-1-2-4-14(12)19-16)7-10-8-18-15-9-17-6-5-11(10)15/h1-9,18H,(H,19,20). The van der Waals surface area contributed by atoms with E-state index in [0.717, 1.165) is 27.7 Å². The predicted octanol–water partition coefficient (Wildman–Crippen LogP) is 3.06. The van der Waals surface area contributed by atoms with Gasteiger partial charge in [0.25, 0.3) is 5.91 Å². The van der Waals surface area contributed by atoms with Gasteiger partial charge in [-0.3, -0.25) is 9.78 Å². The molecule has 0 unspecified atom stereocenters. The Morgan fingerprint density at radius 3 is 3.00 bits per heavy atom. The highest BCUT2D eigenvalue weighted by molar-refractivity contribution is 6.35. The minimum atomic E-state index is -0.0605. The largest absolute Gasteiger partial charge is 0.359 e. The van der Waals surface area contributed by atoms with E-state index in [1.165, 1.54) is 0 Å². The SMILES string of the molecule is O=C1Nc2ccccc2C1=Cc1c[nH]c2cnccc12. The Labute approximate surface area is 115 Å². The summed E-state index contributed by atoms with van der Waals surface area (Å²) < 4.78 is 0. The number of carbonyl (C=O) groups is 1. The van der Waals surface area contributed by atoms with E-state index in [0.29, 0.717) is 5.57 Å². The lowest BCUT2D eigenvalue weighted by molar-refractivity contribution is -0.110. The lowest BCUT2D eigenvalue weighted by atomic mass is 10.0. The van der Waals surface area contributed by atoms with Crippen molar-refractivity contribution in [2.75, 3.05) is 5.32 Å². The van der Waals surface area contributed by atoms with Gasteiger partial charge in [0, 0.05) is 40.2 Å². The van der Waals surface area contributed by atoms with Gasteiger partial charge in [0.2, 0.25) is 0 Å². The smallest absolute Gasteiger partial charge is 0.256 e. The summed E-state index contributed by atoms with van der Waals surface area (Å²) in [7, 11) is 0. The number of hydrogen-bond donors (Lipinski definition) is 2. The van der Waals surface area contributed by atoms with Gasteiger partial charge >= 0.3 is 0 Å². The zero-order chi connectivity index (χ0) is 13.5. The van der Waals surface area contributed by atoms with E-state index in [4.69, 9.17) is 0 Å². The first-order valence-electron chi connectivity index (χ1n) is 6.36. The van der Waals surface area contributed by atoms with Gasteiger partial charge in [-0.1, -0.05) is 18.2 Å². The van der Waals surface area contributed by atoms with Gasteiger partial charge in [0.05, 0.1) is 11.7 Å². The Bertz CT molecular complexity index is 861. The minimum Gasteiger partial charge on any atom is -0.359 e. The van der Waals surface area contributed by atoms with Crippen LogP contribution in [0.25, 0.3) is 22.6 Å². The first-order chi connectivity index (χ1) is 9.83. The van der Waals surface area contributed by atoms with Gasteiger partial charge in [0.1, 0.15) is 0 Å². The molecule has 0 atom stereocenters. The third kappa shape index (κ3) is 1.55. The number of pyridine rings is 1. The molecule has 1 aliphatic heterocycles. The maximum absolute atomic E-state index is 12.1. The van der Waals surface area contributed by atoms with Crippen molar-refractivity contribution in [2.24, 2.45) is 0 Å². The second-order valence-corrected chi connectivity index (χ2v) is 4.72. The zero-order valence-corrected chi connectivity index (χ0v) is 10.6. The first kappa shape index (κ1) is 11.0. The average Bonchev–Trinajstić information content (AvgIpc) is 3.02. The third-order valence-electron chi connectivity index (χ3n) is 3.53. The number of hydrogen-bond acceptors (Lipinski definition) is 2. The van der Waals surface area contributed by atoms with Crippen LogP contribution >= 0.6 is 0 Å². The van der Waals surface area contributed by atoms with Crippen molar-refractivity contribution in [1.29, 1.82) is 0 Å². The highest BCUT2D eigenvalue weighted by Crippen LogP contribution is 2.33. The molecule has 0 saturated heterocycles. The lowest BCUT2D eigenvalue weighted by Crippen LogP contribution is -2.03. The normalized spacial score (nSPS) is 15.6. The van der Waals surface area contributed by atoms with Crippen LogP contribution in [-0.4, -0.2) is 15.9 Å². The number of amides is 1. The molecule has 1 aliphatic rings. The quantitative estimate of drug-likeness (QED) is 0.661. The zero-order valence-electron chi connectivity index (χ0n) is 10.6. The highest BCUT2D eigenvalue weighted by Gasteiger charge is 2.23. The molecule has 3 heterocycles. The Morgan fingerprint density at radius 2 is 2.05 bits per heavy atom. The third-order valence-corrected chi connectivity index (χ3v) is 3.53. The molecule has 0 bridgehead atoms.